The molecule has 1 saturated heterocycles. The van der Waals surface area contributed by atoms with Gasteiger partial charge >= 0.3 is 0 Å². The molecule has 1 aromatic heterocycles. The number of aldehydes is 1. The Morgan fingerprint density at radius 1 is 1.60 bits per heavy atom. The van der Waals surface area contributed by atoms with Crippen molar-refractivity contribution in [3.63, 3.8) is 0 Å². The first-order valence-corrected chi connectivity index (χ1v) is 5.18. The van der Waals surface area contributed by atoms with E-state index < -0.39 is 0 Å². The van der Waals surface area contributed by atoms with Crippen LogP contribution < -0.4 is 0 Å². The quantitative estimate of drug-likeness (QED) is 0.635. The zero-order valence-electron chi connectivity index (χ0n) is 8.83. The lowest BCUT2D eigenvalue weighted by Crippen LogP contribution is -2.35. The molecule has 1 aliphatic heterocycles. The first-order chi connectivity index (χ1) is 7.28. The fourth-order valence-electron chi connectivity index (χ4n) is 1.93. The SMILES string of the molecule is Cn1nnc(CN2CCCC(C=O)C2)n1. The van der Waals surface area contributed by atoms with Crippen LogP contribution in [0.15, 0.2) is 0 Å². The van der Waals surface area contributed by atoms with Crippen molar-refractivity contribution >= 4 is 6.29 Å². The zero-order valence-corrected chi connectivity index (χ0v) is 8.83. The molecule has 0 spiro atoms. The third-order valence-corrected chi connectivity index (χ3v) is 2.65. The zero-order chi connectivity index (χ0) is 10.7. The molecule has 1 atom stereocenters. The van der Waals surface area contributed by atoms with Crippen molar-refractivity contribution in [1.29, 1.82) is 0 Å². The smallest absolute Gasteiger partial charge is 0.188 e. The number of rotatable bonds is 3. The molecule has 82 valence electrons. The van der Waals surface area contributed by atoms with Gasteiger partial charge in [-0.2, -0.15) is 4.80 Å². The molecule has 0 aliphatic carbocycles. The summed E-state index contributed by atoms with van der Waals surface area (Å²) in [6.45, 7) is 2.53. The summed E-state index contributed by atoms with van der Waals surface area (Å²) >= 11 is 0. The minimum Gasteiger partial charge on any atom is -0.303 e. The van der Waals surface area contributed by atoms with Crippen LogP contribution in [0, 0.1) is 5.92 Å². The summed E-state index contributed by atoms with van der Waals surface area (Å²) in [5, 5.41) is 11.8. The van der Waals surface area contributed by atoms with E-state index in [1.807, 2.05) is 0 Å². The standard InChI is InChI=1S/C9H15N5O/c1-13-11-9(10-12-13)6-14-4-2-3-8(5-14)7-15/h7-8H,2-6H2,1H3. The summed E-state index contributed by atoms with van der Waals surface area (Å²) in [5.41, 5.74) is 0. The maximum atomic E-state index is 10.7. The van der Waals surface area contributed by atoms with Crippen LogP contribution in [0.3, 0.4) is 0 Å². The topological polar surface area (TPSA) is 63.9 Å². The van der Waals surface area contributed by atoms with E-state index in [2.05, 4.69) is 20.3 Å². The molecule has 15 heavy (non-hydrogen) atoms. The van der Waals surface area contributed by atoms with Gasteiger partial charge in [0.05, 0.1) is 13.6 Å². The average Bonchev–Trinajstić information content (AvgIpc) is 2.64. The highest BCUT2D eigenvalue weighted by atomic mass is 16.1. The van der Waals surface area contributed by atoms with Crippen LogP contribution in [0.1, 0.15) is 18.7 Å². The van der Waals surface area contributed by atoms with Crippen molar-refractivity contribution in [3.8, 4) is 0 Å². The van der Waals surface area contributed by atoms with E-state index >= 15 is 0 Å². The molecule has 1 aromatic rings. The van der Waals surface area contributed by atoms with Crippen molar-refractivity contribution in [2.45, 2.75) is 19.4 Å². The van der Waals surface area contributed by atoms with Crippen LogP contribution >= 0.6 is 0 Å². The minimum atomic E-state index is 0.176. The molecule has 1 unspecified atom stereocenters. The Bertz CT molecular complexity index is 337. The van der Waals surface area contributed by atoms with Crippen LogP contribution in [-0.4, -0.2) is 44.5 Å². The van der Waals surface area contributed by atoms with Gasteiger partial charge in [-0.15, -0.1) is 10.2 Å². The molecule has 6 nitrogen and oxygen atoms in total. The van der Waals surface area contributed by atoms with E-state index in [1.165, 1.54) is 4.80 Å². The Morgan fingerprint density at radius 3 is 3.13 bits per heavy atom. The number of aryl methyl sites for hydroxylation is 1. The lowest BCUT2D eigenvalue weighted by atomic mass is 10.00. The molecule has 0 saturated carbocycles. The van der Waals surface area contributed by atoms with Gasteiger partial charge in [0.2, 0.25) is 0 Å². The number of carbonyl (C=O) groups is 1. The van der Waals surface area contributed by atoms with Crippen LogP contribution in [0.5, 0.6) is 0 Å². The first-order valence-electron chi connectivity index (χ1n) is 5.18. The third kappa shape index (κ3) is 2.59. The molecular weight excluding hydrogens is 194 g/mol. The fourth-order valence-corrected chi connectivity index (χ4v) is 1.93. The maximum absolute atomic E-state index is 10.7. The van der Waals surface area contributed by atoms with Gasteiger partial charge in [0, 0.05) is 12.5 Å². The van der Waals surface area contributed by atoms with Gasteiger partial charge in [-0.05, 0) is 24.6 Å². The molecule has 0 aromatic carbocycles. The van der Waals surface area contributed by atoms with E-state index in [9.17, 15) is 4.79 Å². The number of likely N-dealkylation sites (tertiary alicyclic amines) is 1. The maximum Gasteiger partial charge on any atom is 0.188 e. The summed E-state index contributed by atoms with van der Waals surface area (Å²) in [6.07, 6.45) is 3.13. The Hall–Kier alpha value is -1.30. The van der Waals surface area contributed by atoms with Gasteiger partial charge in [-0.3, -0.25) is 4.90 Å². The van der Waals surface area contributed by atoms with E-state index in [1.54, 1.807) is 7.05 Å². The van der Waals surface area contributed by atoms with E-state index in [-0.39, 0.29) is 5.92 Å². The number of tetrazole rings is 1. The lowest BCUT2D eigenvalue weighted by Gasteiger charge is -2.28. The van der Waals surface area contributed by atoms with E-state index in [4.69, 9.17) is 0 Å². The van der Waals surface area contributed by atoms with Crippen molar-refractivity contribution in [1.82, 2.24) is 25.1 Å². The Morgan fingerprint density at radius 2 is 2.47 bits per heavy atom. The number of aromatic nitrogens is 4. The monoisotopic (exact) mass is 209 g/mol. The second kappa shape index (κ2) is 4.48. The minimum absolute atomic E-state index is 0.176. The molecule has 0 N–H and O–H groups in total. The summed E-state index contributed by atoms with van der Waals surface area (Å²) in [5.74, 6) is 0.902. The molecule has 2 rings (SSSR count). The largest absolute Gasteiger partial charge is 0.303 e. The van der Waals surface area contributed by atoms with Crippen LogP contribution in [0.25, 0.3) is 0 Å². The summed E-state index contributed by atoms with van der Waals surface area (Å²) in [7, 11) is 1.75. The normalized spacial score (nSPS) is 22.9. The predicted octanol–water partition coefficient (Wildman–Crippen LogP) is -0.379. The number of hydrogen-bond donors (Lipinski definition) is 0. The molecule has 0 radical (unpaired) electrons. The Kier molecular flexibility index (Phi) is 3.05. The predicted molar refractivity (Wildman–Crippen MR) is 52.9 cm³/mol. The average molecular weight is 209 g/mol. The van der Waals surface area contributed by atoms with Crippen molar-refractivity contribution in [2.75, 3.05) is 13.1 Å². The first kappa shape index (κ1) is 10.2. The van der Waals surface area contributed by atoms with Crippen LogP contribution in [-0.2, 0) is 18.4 Å². The number of carbonyl (C=O) groups excluding carboxylic acids is 1. The highest BCUT2D eigenvalue weighted by Gasteiger charge is 2.20. The third-order valence-electron chi connectivity index (χ3n) is 2.65. The second-order valence-corrected chi connectivity index (χ2v) is 3.97. The van der Waals surface area contributed by atoms with Gasteiger partial charge < -0.3 is 4.79 Å². The highest BCUT2D eigenvalue weighted by molar-refractivity contribution is 5.53. The number of piperidine rings is 1. The Balaban J connectivity index is 1.91. The lowest BCUT2D eigenvalue weighted by molar-refractivity contribution is -0.112. The van der Waals surface area contributed by atoms with Gasteiger partial charge in [-0.1, -0.05) is 0 Å². The summed E-state index contributed by atoms with van der Waals surface area (Å²) in [4.78, 5) is 14.4. The number of hydrogen-bond acceptors (Lipinski definition) is 5. The van der Waals surface area contributed by atoms with Crippen molar-refractivity contribution in [2.24, 2.45) is 13.0 Å². The van der Waals surface area contributed by atoms with Gasteiger partial charge in [0.1, 0.15) is 6.29 Å². The molecular formula is C9H15N5O. The van der Waals surface area contributed by atoms with Gasteiger partial charge in [0.15, 0.2) is 5.82 Å². The second-order valence-electron chi connectivity index (χ2n) is 3.97. The number of nitrogens with zero attached hydrogens (tertiary/aromatic N) is 5. The van der Waals surface area contributed by atoms with E-state index in [0.29, 0.717) is 6.54 Å². The van der Waals surface area contributed by atoms with Crippen molar-refractivity contribution in [3.05, 3.63) is 5.82 Å². The molecule has 1 aliphatic rings. The molecule has 0 amide bonds. The summed E-state index contributed by atoms with van der Waals surface area (Å²) < 4.78 is 0. The fraction of sp³-hybridized carbons (Fsp3) is 0.778. The molecule has 6 heteroatoms. The van der Waals surface area contributed by atoms with Crippen molar-refractivity contribution < 1.29 is 4.79 Å². The highest BCUT2D eigenvalue weighted by Crippen LogP contribution is 2.15. The van der Waals surface area contributed by atoms with Crippen LogP contribution in [0.2, 0.25) is 0 Å². The van der Waals surface area contributed by atoms with Crippen LogP contribution in [0.4, 0.5) is 0 Å². The molecule has 2 heterocycles. The molecule has 0 bridgehead atoms. The van der Waals surface area contributed by atoms with Gasteiger partial charge in [-0.25, -0.2) is 0 Å². The van der Waals surface area contributed by atoms with Gasteiger partial charge in [0.25, 0.3) is 0 Å². The van der Waals surface area contributed by atoms with E-state index in [0.717, 1.165) is 38.0 Å². The Labute approximate surface area is 88.2 Å². The summed E-state index contributed by atoms with van der Waals surface area (Å²) in [6, 6.07) is 0. The molecule has 1 fully saturated rings.